The third-order valence-corrected chi connectivity index (χ3v) is 8.80. The van der Waals surface area contributed by atoms with E-state index in [-0.39, 0.29) is 5.82 Å². The quantitative estimate of drug-likeness (QED) is 0.126. The topological polar surface area (TPSA) is 51.7 Å². The number of nitrogens with zero attached hydrogens (tertiary/aromatic N) is 2. The lowest BCUT2D eigenvalue weighted by atomic mass is 9.98. The summed E-state index contributed by atoms with van der Waals surface area (Å²) in [6.07, 6.45) is 8.88. The summed E-state index contributed by atoms with van der Waals surface area (Å²) in [5, 5.41) is 0.794. The number of carbonyl (C=O) groups excluding carboxylic acids is 1. The average molecular weight is 611 g/mol. The molecule has 5 rings (SSSR count). The van der Waals surface area contributed by atoms with Crippen molar-refractivity contribution in [2.75, 3.05) is 38.2 Å². The van der Waals surface area contributed by atoms with Crippen molar-refractivity contribution in [3.63, 3.8) is 0 Å². The number of hydrogen-bond donors (Lipinski definition) is 0. The number of pyridine rings is 1. The first kappa shape index (κ1) is 31.2. The second kappa shape index (κ2) is 14.1. The molecule has 0 N–H and O–H groups in total. The predicted molar refractivity (Wildman–Crippen MR) is 180 cm³/mol. The Kier molecular flexibility index (Phi) is 9.98. The Labute approximate surface area is 261 Å². The van der Waals surface area contributed by atoms with Crippen molar-refractivity contribution in [2.24, 2.45) is 0 Å². The molecule has 4 aromatic carbocycles. The first-order valence-electron chi connectivity index (χ1n) is 14.6. The summed E-state index contributed by atoms with van der Waals surface area (Å²) in [7, 11) is 1.17. The minimum atomic E-state index is -0.805. The minimum absolute atomic E-state index is 0.272. The first-order valence-corrected chi connectivity index (χ1v) is 17.6. The van der Waals surface area contributed by atoms with Crippen molar-refractivity contribution in [2.45, 2.75) is 19.2 Å². The van der Waals surface area contributed by atoms with Crippen LogP contribution in [0.25, 0.3) is 10.9 Å². The number of aromatic nitrogens is 1. The van der Waals surface area contributed by atoms with Gasteiger partial charge in [0.25, 0.3) is 0 Å². The second-order valence-electron chi connectivity index (χ2n) is 11.8. The van der Waals surface area contributed by atoms with E-state index in [0.717, 1.165) is 39.7 Å². The highest BCUT2D eigenvalue weighted by Crippen LogP contribution is 2.43. The molecule has 0 spiro atoms. The van der Waals surface area contributed by atoms with Gasteiger partial charge >= 0.3 is 0 Å². The zero-order valence-corrected chi connectivity index (χ0v) is 26.5. The number of ether oxygens (including phenoxy) is 2. The molecule has 228 valence electrons. The van der Waals surface area contributed by atoms with Gasteiger partial charge in [0.15, 0.2) is 12.0 Å². The van der Waals surface area contributed by atoms with E-state index in [9.17, 15) is 9.18 Å². The van der Waals surface area contributed by atoms with Crippen molar-refractivity contribution >= 4 is 27.2 Å². The Hall–Kier alpha value is -4.20. The van der Waals surface area contributed by atoms with Crippen LogP contribution >= 0.6 is 10.0 Å². The maximum Gasteiger partial charge on any atom is 0.158 e. The molecule has 0 amide bonds. The molecule has 0 unspecified atom stereocenters. The van der Waals surface area contributed by atoms with Gasteiger partial charge in [-0.05, 0) is 66.8 Å². The molecular formula is C37H39FN2O3S. The van der Waals surface area contributed by atoms with Gasteiger partial charge in [0.2, 0.25) is 0 Å². The van der Waals surface area contributed by atoms with Gasteiger partial charge < -0.3 is 9.47 Å². The van der Waals surface area contributed by atoms with E-state index in [4.69, 9.17) is 14.5 Å². The van der Waals surface area contributed by atoms with Crippen LogP contribution in [0.1, 0.15) is 38.7 Å². The fourth-order valence-electron chi connectivity index (χ4n) is 5.21. The summed E-state index contributed by atoms with van der Waals surface area (Å²) in [6.45, 7) is 1.49. The fourth-order valence-corrected chi connectivity index (χ4v) is 5.79. The van der Waals surface area contributed by atoms with Crippen molar-refractivity contribution in [3.05, 3.63) is 137 Å². The van der Waals surface area contributed by atoms with Crippen LogP contribution in [0.4, 0.5) is 4.39 Å². The lowest BCUT2D eigenvalue weighted by Gasteiger charge is -2.28. The number of benzene rings is 4. The molecule has 5 aromatic rings. The molecule has 7 heteroatoms. The zero-order valence-electron chi connectivity index (χ0n) is 25.7. The van der Waals surface area contributed by atoms with Gasteiger partial charge in [-0.3, -0.25) is 14.7 Å². The maximum atomic E-state index is 13.6. The molecule has 0 bridgehead atoms. The summed E-state index contributed by atoms with van der Waals surface area (Å²) < 4.78 is 27.0. The van der Waals surface area contributed by atoms with Crippen LogP contribution in [0.3, 0.4) is 0 Å². The van der Waals surface area contributed by atoms with E-state index < -0.39 is 16.1 Å². The summed E-state index contributed by atoms with van der Waals surface area (Å²) in [5.41, 5.74) is 4.62. The third kappa shape index (κ3) is 7.65. The highest BCUT2D eigenvalue weighted by molar-refractivity contribution is 8.32. The molecule has 0 aliphatic heterocycles. The van der Waals surface area contributed by atoms with Crippen LogP contribution < -0.4 is 9.47 Å². The molecule has 0 fully saturated rings. The molecule has 0 atom stereocenters. The molecule has 0 saturated carbocycles. The van der Waals surface area contributed by atoms with Gasteiger partial charge in [-0.2, -0.15) is 0 Å². The van der Waals surface area contributed by atoms with Crippen LogP contribution in [-0.4, -0.2) is 54.3 Å². The molecule has 44 heavy (non-hydrogen) atoms. The van der Waals surface area contributed by atoms with Crippen molar-refractivity contribution < 1.29 is 18.7 Å². The van der Waals surface area contributed by atoms with Crippen LogP contribution in [0, 0.1) is 5.82 Å². The Bertz CT molecular complexity index is 1650. The lowest BCUT2D eigenvalue weighted by Crippen LogP contribution is -2.21. The molecule has 1 heterocycles. The Morgan fingerprint density at radius 2 is 1.48 bits per heavy atom. The Balaban J connectivity index is 1.64. The molecule has 0 aliphatic carbocycles. The normalized spacial score (nSPS) is 12.1. The number of halogens is 1. The predicted octanol–water partition coefficient (Wildman–Crippen LogP) is 8.06. The van der Waals surface area contributed by atoms with E-state index in [1.54, 1.807) is 18.3 Å². The van der Waals surface area contributed by atoms with Gasteiger partial charge in [-0.25, -0.2) is 14.4 Å². The summed E-state index contributed by atoms with van der Waals surface area (Å²) in [4.78, 5) is 19.9. The molecule has 1 aromatic heterocycles. The standard InChI is InChI=1S/C37H39FN2O3S/c1-40(24-27-17-19-30(38)20-18-27)25-32-33(26-41)37(34-31(16-11-21-39-34)36(32)42-22-23-44(2,3)4)43-35(28-12-7-5-8-13-28)29-14-9-6-10-15-29/h5-21,26,35H,22-25H2,1-4H3. The summed E-state index contributed by atoms with van der Waals surface area (Å²) in [5.74, 6) is 1.71. The molecule has 0 radical (unpaired) electrons. The summed E-state index contributed by atoms with van der Waals surface area (Å²) in [6, 6.07) is 30.3. The average Bonchev–Trinajstić information content (AvgIpc) is 3.02. The van der Waals surface area contributed by atoms with E-state index >= 15 is 0 Å². The van der Waals surface area contributed by atoms with Crippen LogP contribution in [-0.2, 0) is 13.1 Å². The van der Waals surface area contributed by atoms with Gasteiger partial charge in [0.1, 0.15) is 23.2 Å². The number of hydrogen-bond acceptors (Lipinski definition) is 5. The Morgan fingerprint density at radius 3 is 2.07 bits per heavy atom. The van der Waals surface area contributed by atoms with Crippen molar-refractivity contribution in [3.8, 4) is 11.5 Å². The number of rotatable bonds is 13. The van der Waals surface area contributed by atoms with Crippen molar-refractivity contribution in [1.82, 2.24) is 9.88 Å². The Morgan fingerprint density at radius 1 is 0.841 bits per heavy atom. The van der Waals surface area contributed by atoms with E-state index in [0.29, 0.717) is 42.3 Å². The lowest BCUT2D eigenvalue weighted by molar-refractivity contribution is 0.111. The smallest absolute Gasteiger partial charge is 0.158 e. The number of carbonyl (C=O) groups is 1. The van der Waals surface area contributed by atoms with Gasteiger partial charge in [0.05, 0.1) is 12.2 Å². The molecule has 0 aliphatic rings. The second-order valence-corrected chi connectivity index (χ2v) is 16.4. The van der Waals surface area contributed by atoms with Crippen molar-refractivity contribution in [1.29, 1.82) is 0 Å². The van der Waals surface area contributed by atoms with E-state index in [1.165, 1.54) is 12.1 Å². The van der Waals surface area contributed by atoms with Crippen LogP contribution in [0.15, 0.2) is 103 Å². The molecule has 0 saturated heterocycles. The highest BCUT2D eigenvalue weighted by Gasteiger charge is 2.27. The summed E-state index contributed by atoms with van der Waals surface area (Å²) >= 11 is 0. The first-order chi connectivity index (χ1) is 21.2. The largest absolute Gasteiger partial charge is 0.492 e. The van der Waals surface area contributed by atoms with Gasteiger partial charge in [-0.15, -0.1) is 0 Å². The minimum Gasteiger partial charge on any atom is -0.492 e. The monoisotopic (exact) mass is 610 g/mol. The van der Waals surface area contributed by atoms with E-state index in [1.807, 2.05) is 79.8 Å². The highest BCUT2D eigenvalue weighted by atomic mass is 32.3. The zero-order chi connectivity index (χ0) is 31.1. The number of aldehydes is 1. The van der Waals surface area contributed by atoms with Gasteiger partial charge in [0, 0.05) is 36.0 Å². The van der Waals surface area contributed by atoms with Crippen LogP contribution in [0.5, 0.6) is 11.5 Å². The van der Waals surface area contributed by atoms with Crippen LogP contribution in [0.2, 0.25) is 0 Å². The third-order valence-electron chi connectivity index (χ3n) is 7.41. The van der Waals surface area contributed by atoms with Gasteiger partial charge in [-0.1, -0.05) is 72.8 Å². The molecule has 5 nitrogen and oxygen atoms in total. The maximum absolute atomic E-state index is 13.6. The molecular weight excluding hydrogens is 571 g/mol. The fraction of sp³-hybridized carbons (Fsp3) is 0.243. The SMILES string of the molecule is CN(Cc1ccc(F)cc1)Cc1c(C=O)c(OC(c2ccccc2)c2ccccc2)c2ncccc2c1OCCS(C)(C)C. The van der Waals surface area contributed by atoms with E-state index in [2.05, 4.69) is 23.7 Å². The number of fused-ring (bicyclic) bond motifs is 1.